The molecule has 63 valence electrons. The molecule has 11 heavy (non-hydrogen) atoms. The van der Waals surface area contributed by atoms with Crippen molar-refractivity contribution >= 4 is 0 Å². The molecule has 0 saturated heterocycles. The van der Waals surface area contributed by atoms with Gasteiger partial charge in [-0.15, -0.1) is 0 Å². The lowest BCUT2D eigenvalue weighted by Crippen LogP contribution is -1.82. The van der Waals surface area contributed by atoms with Gasteiger partial charge >= 0.3 is 0 Å². The van der Waals surface area contributed by atoms with Crippen LogP contribution in [0.2, 0.25) is 0 Å². The van der Waals surface area contributed by atoms with Crippen molar-refractivity contribution in [3.05, 3.63) is 23.3 Å². The Kier molecular flexibility index (Phi) is 5.86. The van der Waals surface area contributed by atoms with Crippen LogP contribution >= 0.6 is 0 Å². The van der Waals surface area contributed by atoms with Crippen LogP contribution in [0.3, 0.4) is 0 Å². The lowest BCUT2D eigenvalue weighted by molar-refractivity contribution is 0.954. The first kappa shape index (κ1) is 10.4. The van der Waals surface area contributed by atoms with E-state index in [9.17, 15) is 0 Å². The second-order valence-electron chi connectivity index (χ2n) is 3.07. The van der Waals surface area contributed by atoms with Crippen molar-refractivity contribution in [3.8, 4) is 0 Å². The van der Waals surface area contributed by atoms with E-state index in [1.54, 1.807) is 0 Å². The molecule has 0 spiro atoms. The molecule has 0 saturated carbocycles. The van der Waals surface area contributed by atoms with E-state index in [0.717, 1.165) is 12.8 Å². The van der Waals surface area contributed by atoms with Crippen LogP contribution in [0.1, 0.15) is 33.6 Å². The molecule has 0 unspecified atom stereocenters. The van der Waals surface area contributed by atoms with E-state index in [0.29, 0.717) is 6.54 Å². The molecule has 0 aromatic heterocycles. The van der Waals surface area contributed by atoms with Gasteiger partial charge in [0.2, 0.25) is 0 Å². The van der Waals surface area contributed by atoms with Gasteiger partial charge in [-0.1, -0.05) is 23.3 Å². The average Bonchev–Trinajstić information content (AvgIpc) is 1.87. The van der Waals surface area contributed by atoms with E-state index in [1.165, 1.54) is 11.1 Å². The molecule has 0 bridgehead atoms. The summed E-state index contributed by atoms with van der Waals surface area (Å²) >= 11 is 0. The highest BCUT2D eigenvalue weighted by molar-refractivity contribution is 5.02. The topological polar surface area (TPSA) is 23.8 Å². The van der Waals surface area contributed by atoms with Gasteiger partial charge in [0.15, 0.2) is 0 Å². The minimum atomic E-state index is 0.417. The summed E-state index contributed by atoms with van der Waals surface area (Å²) in [6.45, 7) is 6.74. The minimum Gasteiger partial charge on any atom is -0.254 e. The maximum atomic E-state index is 6.96. The Morgan fingerprint density at radius 2 is 1.82 bits per heavy atom. The third-order valence-electron chi connectivity index (χ3n) is 1.54. The predicted molar refractivity (Wildman–Crippen MR) is 50.4 cm³/mol. The summed E-state index contributed by atoms with van der Waals surface area (Å²) in [7, 11) is 0. The molecule has 1 heteroatoms. The molecule has 0 fully saturated rings. The molecule has 0 atom stereocenters. The molecular weight excluding hydrogens is 134 g/mol. The van der Waals surface area contributed by atoms with Gasteiger partial charge in [0.05, 0.1) is 0 Å². The van der Waals surface area contributed by atoms with Crippen molar-refractivity contribution in [1.29, 1.82) is 0 Å². The average molecular weight is 152 g/mol. The monoisotopic (exact) mass is 152 g/mol. The Morgan fingerprint density at radius 3 is 2.27 bits per heavy atom. The van der Waals surface area contributed by atoms with Crippen molar-refractivity contribution < 1.29 is 0 Å². The number of rotatable bonds is 4. The molecule has 0 amide bonds. The molecule has 0 heterocycles. The molecular formula is C10H18N. The molecule has 1 nitrogen and oxygen atoms in total. The van der Waals surface area contributed by atoms with Crippen molar-refractivity contribution in [3.63, 3.8) is 0 Å². The molecule has 1 N–H and O–H groups in total. The zero-order chi connectivity index (χ0) is 8.69. The second-order valence-corrected chi connectivity index (χ2v) is 3.07. The summed E-state index contributed by atoms with van der Waals surface area (Å²) in [6.07, 6.45) is 6.43. The van der Waals surface area contributed by atoms with Gasteiger partial charge in [-0.2, -0.15) is 0 Å². The van der Waals surface area contributed by atoms with Crippen LogP contribution in [0.15, 0.2) is 23.3 Å². The standard InChI is InChI=1S/C10H18N/c1-9(2)5-4-6-10(3)7-8-11/h5,7,11H,4,6,8H2,1-3H3/b10-7+. The predicted octanol–water partition coefficient (Wildman–Crippen LogP) is 2.96. The third-order valence-corrected chi connectivity index (χ3v) is 1.54. The largest absolute Gasteiger partial charge is 0.254 e. The lowest BCUT2D eigenvalue weighted by atomic mass is 10.1. The van der Waals surface area contributed by atoms with Crippen LogP contribution < -0.4 is 5.73 Å². The number of nitrogens with one attached hydrogen (secondary N) is 1. The highest BCUT2D eigenvalue weighted by Crippen LogP contribution is 2.05. The van der Waals surface area contributed by atoms with Gasteiger partial charge in [0.25, 0.3) is 0 Å². The second kappa shape index (κ2) is 6.17. The van der Waals surface area contributed by atoms with Gasteiger partial charge in [-0.3, -0.25) is 5.73 Å². The highest BCUT2D eigenvalue weighted by atomic mass is 14.5. The molecule has 0 aromatic carbocycles. The number of hydrogen-bond donors (Lipinski definition) is 0. The SMILES string of the molecule is CC(C)=CCC/C(C)=C/C[NH]. The third kappa shape index (κ3) is 7.34. The quantitative estimate of drug-likeness (QED) is 0.553. The Balaban J connectivity index is 3.54. The van der Waals surface area contributed by atoms with E-state index >= 15 is 0 Å². The van der Waals surface area contributed by atoms with Gasteiger partial charge in [0.1, 0.15) is 0 Å². The van der Waals surface area contributed by atoms with Gasteiger partial charge in [-0.25, -0.2) is 0 Å². The van der Waals surface area contributed by atoms with Crippen molar-refractivity contribution in [2.45, 2.75) is 33.6 Å². The minimum absolute atomic E-state index is 0.417. The van der Waals surface area contributed by atoms with Crippen LogP contribution in [0.4, 0.5) is 0 Å². The van der Waals surface area contributed by atoms with Crippen LogP contribution in [0, 0.1) is 0 Å². The van der Waals surface area contributed by atoms with Crippen molar-refractivity contribution in [1.82, 2.24) is 5.73 Å². The summed E-state index contributed by atoms with van der Waals surface area (Å²) in [6, 6.07) is 0. The lowest BCUT2D eigenvalue weighted by Gasteiger charge is -1.96. The first-order chi connectivity index (χ1) is 5.16. The Labute approximate surface area is 70.0 Å². The van der Waals surface area contributed by atoms with E-state index in [2.05, 4.69) is 26.8 Å². The van der Waals surface area contributed by atoms with E-state index in [-0.39, 0.29) is 0 Å². The van der Waals surface area contributed by atoms with E-state index in [1.807, 2.05) is 6.08 Å². The van der Waals surface area contributed by atoms with Crippen molar-refractivity contribution in [2.75, 3.05) is 6.54 Å². The normalized spacial score (nSPS) is 11.5. The fourth-order valence-electron chi connectivity index (χ4n) is 0.865. The molecule has 0 aliphatic rings. The van der Waals surface area contributed by atoms with Gasteiger partial charge in [0, 0.05) is 6.54 Å². The molecule has 0 rings (SSSR count). The summed E-state index contributed by atoms with van der Waals surface area (Å²) in [4.78, 5) is 0. The summed E-state index contributed by atoms with van der Waals surface area (Å²) in [5.41, 5.74) is 9.67. The number of allylic oxidation sites excluding steroid dienone is 3. The molecule has 0 aliphatic carbocycles. The first-order valence-corrected chi connectivity index (χ1v) is 4.10. The van der Waals surface area contributed by atoms with Crippen LogP contribution in [-0.4, -0.2) is 6.54 Å². The Bertz CT molecular complexity index is 150. The Morgan fingerprint density at radius 1 is 1.18 bits per heavy atom. The summed E-state index contributed by atoms with van der Waals surface area (Å²) in [5, 5.41) is 0. The van der Waals surface area contributed by atoms with Crippen LogP contribution in [0.25, 0.3) is 0 Å². The summed E-state index contributed by atoms with van der Waals surface area (Å²) in [5.74, 6) is 0. The van der Waals surface area contributed by atoms with Gasteiger partial charge in [-0.05, 0) is 33.6 Å². The maximum absolute atomic E-state index is 6.96. The first-order valence-electron chi connectivity index (χ1n) is 4.10. The zero-order valence-electron chi connectivity index (χ0n) is 7.78. The van der Waals surface area contributed by atoms with Crippen LogP contribution in [0.5, 0.6) is 0 Å². The highest BCUT2D eigenvalue weighted by Gasteiger charge is 1.86. The number of hydrogen-bond acceptors (Lipinski definition) is 0. The Hall–Kier alpha value is -0.560. The molecule has 1 radical (unpaired) electrons. The van der Waals surface area contributed by atoms with Crippen molar-refractivity contribution in [2.24, 2.45) is 0 Å². The fourth-order valence-corrected chi connectivity index (χ4v) is 0.865. The molecule has 0 aromatic rings. The van der Waals surface area contributed by atoms with Crippen LogP contribution in [-0.2, 0) is 0 Å². The van der Waals surface area contributed by atoms with E-state index < -0.39 is 0 Å². The van der Waals surface area contributed by atoms with Gasteiger partial charge < -0.3 is 0 Å². The fraction of sp³-hybridized carbons (Fsp3) is 0.600. The smallest absolute Gasteiger partial charge is 0.0283 e. The van der Waals surface area contributed by atoms with E-state index in [4.69, 9.17) is 5.73 Å². The zero-order valence-corrected chi connectivity index (χ0v) is 7.78. The summed E-state index contributed by atoms with van der Waals surface area (Å²) < 4.78 is 0. The molecule has 0 aliphatic heterocycles. The maximum Gasteiger partial charge on any atom is 0.0283 e.